The number of carbonyl (C=O) groups excluding carboxylic acids is 3. The van der Waals surface area contributed by atoms with E-state index in [0.29, 0.717) is 11.1 Å². The number of hydrogen-bond acceptors (Lipinski definition) is 9. The zero-order valence-electron chi connectivity index (χ0n) is 26.9. The van der Waals surface area contributed by atoms with Crippen LogP contribution in [0.4, 0.5) is 14.9 Å². The molecule has 2 aliphatic rings. The molecule has 50 heavy (non-hydrogen) atoms. The minimum Gasteiger partial charge on any atom is -0.404 e. The molecule has 2 fully saturated rings. The maximum Gasteiger partial charge on any atom is 0.524 e. The SMILES string of the molecule is C=CCN(C(=O)NCc1ccccc1)N1CC(=O)N2[C@H]1CN(Cc1ccc(F)c(SC(=C)N)c1N)C(=O)[C@@H]2Cc1ccc(OP(=O)(O)O)cc1. The van der Waals surface area contributed by atoms with E-state index in [2.05, 4.69) is 23.0 Å². The Bertz CT molecular complexity index is 1830. The van der Waals surface area contributed by atoms with E-state index in [4.69, 9.17) is 21.3 Å². The van der Waals surface area contributed by atoms with Crippen LogP contribution in [0.25, 0.3) is 0 Å². The number of halogens is 1. The van der Waals surface area contributed by atoms with Crippen molar-refractivity contribution in [1.29, 1.82) is 0 Å². The molecular formula is C33H37FN7O7PS. The van der Waals surface area contributed by atoms with E-state index in [1.807, 2.05) is 30.3 Å². The minimum atomic E-state index is -4.79. The molecule has 3 aromatic carbocycles. The number of benzene rings is 3. The maximum atomic E-state index is 14.7. The molecule has 7 N–H and O–H groups in total. The monoisotopic (exact) mass is 725 g/mol. The van der Waals surface area contributed by atoms with Crippen LogP contribution in [0.2, 0.25) is 0 Å². The molecule has 0 unspecified atom stereocenters. The van der Waals surface area contributed by atoms with E-state index in [1.54, 1.807) is 5.01 Å². The van der Waals surface area contributed by atoms with Gasteiger partial charge >= 0.3 is 13.9 Å². The van der Waals surface area contributed by atoms with Crippen LogP contribution in [0.5, 0.6) is 5.75 Å². The van der Waals surface area contributed by atoms with Crippen molar-refractivity contribution in [3.8, 4) is 5.75 Å². The lowest BCUT2D eigenvalue weighted by atomic mass is 9.99. The molecule has 14 nitrogen and oxygen atoms in total. The third-order valence-electron chi connectivity index (χ3n) is 8.11. The van der Waals surface area contributed by atoms with Gasteiger partial charge in [0.25, 0.3) is 0 Å². The first kappa shape index (κ1) is 36.4. The summed E-state index contributed by atoms with van der Waals surface area (Å²) in [7, 11) is -4.79. The molecular weight excluding hydrogens is 688 g/mol. The summed E-state index contributed by atoms with van der Waals surface area (Å²) < 4.78 is 30.7. The fourth-order valence-corrected chi connectivity index (χ4v) is 6.99. The highest BCUT2D eigenvalue weighted by Crippen LogP contribution is 2.38. The number of piperazine rings is 1. The minimum absolute atomic E-state index is 0.0152. The van der Waals surface area contributed by atoms with Crippen LogP contribution in [0, 0.1) is 5.82 Å². The number of nitrogens with zero attached hydrogens (tertiary/aromatic N) is 4. The molecule has 0 spiro atoms. The highest BCUT2D eigenvalue weighted by atomic mass is 32.2. The molecule has 0 radical (unpaired) electrons. The van der Waals surface area contributed by atoms with Gasteiger partial charge in [-0.2, -0.15) is 5.01 Å². The maximum absolute atomic E-state index is 14.7. The van der Waals surface area contributed by atoms with Crippen molar-refractivity contribution in [1.82, 2.24) is 25.1 Å². The Kier molecular flexibility index (Phi) is 11.2. The number of carbonyl (C=O) groups is 3. The lowest BCUT2D eigenvalue weighted by Crippen LogP contribution is -2.66. The molecule has 0 aromatic heterocycles. The van der Waals surface area contributed by atoms with Crippen LogP contribution in [0.3, 0.4) is 0 Å². The first-order valence-electron chi connectivity index (χ1n) is 15.4. The van der Waals surface area contributed by atoms with Crippen LogP contribution < -0.4 is 21.3 Å². The Hall–Kier alpha value is -4.86. The van der Waals surface area contributed by atoms with Crippen molar-refractivity contribution in [3.63, 3.8) is 0 Å². The number of phosphoric ester groups is 1. The van der Waals surface area contributed by atoms with Gasteiger partial charge in [-0.25, -0.2) is 13.8 Å². The summed E-state index contributed by atoms with van der Waals surface area (Å²) in [6, 6.07) is 16.3. The highest BCUT2D eigenvalue weighted by molar-refractivity contribution is 8.03. The third kappa shape index (κ3) is 8.46. The van der Waals surface area contributed by atoms with Crippen molar-refractivity contribution in [2.75, 3.05) is 25.4 Å². The Morgan fingerprint density at radius 3 is 2.46 bits per heavy atom. The van der Waals surface area contributed by atoms with Crippen LogP contribution >= 0.6 is 19.6 Å². The van der Waals surface area contributed by atoms with Gasteiger partial charge in [0, 0.05) is 19.5 Å². The van der Waals surface area contributed by atoms with Gasteiger partial charge in [0.2, 0.25) is 11.8 Å². The summed E-state index contributed by atoms with van der Waals surface area (Å²) in [6.07, 6.45) is 0.768. The standard InChI is InChI=1S/C33H37FN7O7PS/c1-3-15-39(33(44)37-17-23-7-5-4-6-8-23)40-20-29(42)41-27(16-22-9-12-25(13-10-22)48-49(45,46)47)32(43)38(19-28(40)41)18-24-11-14-26(34)31(30(24)36)50-21(2)35/h3-14,27-28H,1-2,15-20,35-36H2,(H,37,44)(H2,45,46,47)/t27-,28-/m0/s1. The van der Waals surface area contributed by atoms with Crippen LogP contribution in [0.1, 0.15) is 16.7 Å². The summed E-state index contributed by atoms with van der Waals surface area (Å²) in [4.78, 5) is 62.9. The molecule has 5 rings (SSSR count). The number of hydrogen-bond donors (Lipinski definition) is 5. The predicted molar refractivity (Wildman–Crippen MR) is 185 cm³/mol. The predicted octanol–water partition coefficient (Wildman–Crippen LogP) is 3.14. The third-order valence-corrected chi connectivity index (χ3v) is 9.44. The average Bonchev–Trinajstić information content (AvgIpc) is 3.39. The van der Waals surface area contributed by atoms with Crippen molar-refractivity contribution in [2.24, 2.45) is 5.73 Å². The van der Waals surface area contributed by atoms with Crippen molar-refractivity contribution >= 4 is 43.1 Å². The summed E-state index contributed by atoms with van der Waals surface area (Å²) in [5.74, 6) is -1.49. The number of nitrogens with two attached hydrogens (primary N) is 2. The number of rotatable bonds is 13. The Morgan fingerprint density at radius 2 is 1.82 bits per heavy atom. The lowest BCUT2D eigenvalue weighted by Gasteiger charge is -2.46. The van der Waals surface area contributed by atoms with E-state index in [9.17, 15) is 23.3 Å². The van der Waals surface area contributed by atoms with Crippen LogP contribution in [0.15, 0.2) is 95.9 Å². The van der Waals surface area contributed by atoms with Gasteiger partial charge < -0.3 is 31.1 Å². The number of nitrogens with one attached hydrogen (secondary N) is 1. The number of hydrazine groups is 1. The number of urea groups is 1. The summed E-state index contributed by atoms with van der Waals surface area (Å²) >= 11 is 0.866. The van der Waals surface area contributed by atoms with E-state index in [0.717, 1.165) is 17.3 Å². The molecule has 2 saturated heterocycles. The van der Waals surface area contributed by atoms with E-state index in [1.165, 1.54) is 57.3 Å². The average molecular weight is 726 g/mol. The zero-order chi connectivity index (χ0) is 36.2. The smallest absolute Gasteiger partial charge is 0.404 e. The van der Waals surface area contributed by atoms with Gasteiger partial charge in [-0.3, -0.25) is 24.4 Å². The second-order valence-corrected chi connectivity index (χ2v) is 13.9. The number of nitrogen functional groups attached to an aromatic ring is 1. The van der Waals surface area contributed by atoms with Crippen molar-refractivity contribution < 1.29 is 37.6 Å². The first-order valence-corrected chi connectivity index (χ1v) is 17.7. The molecule has 2 atom stereocenters. The number of fused-ring (bicyclic) bond motifs is 1. The van der Waals surface area contributed by atoms with Gasteiger partial charge in [0.15, 0.2) is 0 Å². The normalized spacial score (nSPS) is 17.7. The second kappa shape index (κ2) is 15.4. The lowest BCUT2D eigenvalue weighted by molar-refractivity contribution is -0.157. The fourth-order valence-electron chi connectivity index (χ4n) is 5.92. The first-order chi connectivity index (χ1) is 23.8. The van der Waals surface area contributed by atoms with Crippen molar-refractivity contribution in [2.45, 2.75) is 36.6 Å². The van der Waals surface area contributed by atoms with Gasteiger partial charge in [-0.1, -0.05) is 72.9 Å². The van der Waals surface area contributed by atoms with Crippen molar-refractivity contribution in [3.05, 3.63) is 114 Å². The molecule has 0 saturated carbocycles. The molecule has 0 aliphatic carbocycles. The summed E-state index contributed by atoms with van der Waals surface area (Å²) in [5, 5.41) is 5.99. The zero-order valence-corrected chi connectivity index (χ0v) is 28.6. The largest absolute Gasteiger partial charge is 0.524 e. The fraction of sp³-hybridized carbons (Fsp3) is 0.242. The molecule has 2 aliphatic heterocycles. The van der Waals surface area contributed by atoms with Gasteiger partial charge in [-0.05, 0) is 34.9 Å². The number of amides is 4. The molecule has 17 heteroatoms. The van der Waals surface area contributed by atoms with Gasteiger partial charge in [-0.15, -0.1) is 6.58 Å². The number of anilines is 1. The summed E-state index contributed by atoms with van der Waals surface area (Å²) in [6.45, 7) is 7.43. The van der Waals surface area contributed by atoms with E-state index < -0.39 is 37.8 Å². The topological polar surface area (TPSA) is 195 Å². The van der Waals surface area contributed by atoms with Crippen LogP contribution in [-0.2, 0) is 33.7 Å². The van der Waals surface area contributed by atoms with Gasteiger partial charge in [0.1, 0.15) is 23.8 Å². The Balaban J connectivity index is 1.47. The van der Waals surface area contributed by atoms with Crippen LogP contribution in [-0.4, -0.2) is 79.3 Å². The quantitative estimate of drug-likeness (QED) is 0.0752. The molecule has 4 amide bonds. The van der Waals surface area contributed by atoms with E-state index in [-0.39, 0.29) is 66.4 Å². The number of phosphoric acid groups is 1. The van der Waals surface area contributed by atoms with Gasteiger partial charge in [0.05, 0.1) is 35.2 Å². The molecule has 3 aromatic rings. The van der Waals surface area contributed by atoms with E-state index >= 15 is 0 Å². The second-order valence-electron chi connectivity index (χ2n) is 11.6. The highest BCUT2D eigenvalue weighted by Gasteiger charge is 2.52. The summed E-state index contributed by atoms with van der Waals surface area (Å²) in [5.41, 5.74) is 14.0. The molecule has 0 bridgehead atoms. The number of thioether (sulfide) groups is 1. The molecule has 2 heterocycles. The Labute approximate surface area is 292 Å². The molecule has 264 valence electrons. The Morgan fingerprint density at radius 1 is 1.12 bits per heavy atom.